The van der Waals surface area contributed by atoms with E-state index in [1.807, 2.05) is 4.90 Å². The lowest BCUT2D eigenvalue weighted by Gasteiger charge is -2.28. The summed E-state index contributed by atoms with van der Waals surface area (Å²) >= 11 is 0. The maximum Gasteiger partial charge on any atom is 0.267 e. The molecule has 0 aromatic heterocycles. The molecule has 17 heavy (non-hydrogen) atoms. The molecule has 3 heterocycles. The SMILES string of the molecule is O=C(C1C=C2OC=CC=C2O1)N1CCNCC1. The summed E-state index contributed by atoms with van der Waals surface area (Å²) in [6.07, 6.45) is 6.34. The Hall–Kier alpha value is -1.75. The van der Waals surface area contributed by atoms with E-state index in [4.69, 9.17) is 9.47 Å². The molecule has 0 aromatic rings. The van der Waals surface area contributed by atoms with Crippen LogP contribution in [0.4, 0.5) is 0 Å². The van der Waals surface area contributed by atoms with Crippen molar-refractivity contribution in [1.29, 1.82) is 0 Å². The normalized spacial score (nSPS) is 26.6. The molecular weight excluding hydrogens is 220 g/mol. The van der Waals surface area contributed by atoms with Gasteiger partial charge in [0.2, 0.25) is 0 Å². The first-order valence-corrected chi connectivity index (χ1v) is 5.76. The van der Waals surface area contributed by atoms with Gasteiger partial charge in [-0.3, -0.25) is 4.79 Å². The lowest BCUT2D eigenvalue weighted by atomic mass is 10.2. The largest absolute Gasteiger partial charge is 0.472 e. The Balaban J connectivity index is 1.70. The van der Waals surface area contributed by atoms with E-state index in [1.54, 1.807) is 24.5 Å². The summed E-state index contributed by atoms with van der Waals surface area (Å²) in [5, 5.41) is 3.21. The molecular formula is C12H14N2O3. The third kappa shape index (κ3) is 1.93. The van der Waals surface area contributed by atoms with Gasteiger partial charge in [-0.15, -0.1) is 0 Å². The maximum atomic E-state index is 12.2. The Bertz CT molecular complexity index is 419. The van der Waals surface area contributed by atoms with Gasteiger partial charge in [0, 0.05) is 32.3 Å². The molecule has 1 saturated heterocycles. The number of amides is 1. The molecule has 0 spiro atoms. The van der Waals surface area contributed by atoms with Crippen molar-refractivity contribution in [3.63, 3.8) is 0 Å². The fourth-order valence-electron chi connectivity index (χ4n) is 2.09. The molecule has 1 fully saturated rings. The minimum Gasteiger partial charge on any atom is -0.472 e. The van der Waals surface area contributed by atoms with Crippen molar-refractivity contribution in [2.75, 3.05) is 26.2 Å². The number of ether oxygens (including phenoxy) is 2. The Kier molecular flexibility index (Phi) is 2.60. The lowest BCUT2D eigenvalue weighted by molar-refractivity contribution is -0.138. The molecule has 1 amide bonds. The fourth-order valence-corrected chi connectivity index (χ4v) is 2.09. The molecule has 3 aliphatic rings. The highest BCUT2D eigenvalue weighted by atomic mass is 16.5. The average molecular weight is 234 g/mol. The Labute approximate surface area is 99.4 Å². The Morgan fingerprint density at radius 2 is 2.18 bits per heavy atom. The molecule has 0 bridgehead atoms. The predicted octanol–water partition coefficient (Wildman–Crippen LogP) is 0.129. The monoisotopic (exact) mass is 234 g/mol. The molecule has 0 radical (unpaired) electrons. The highest BCUT2D eigenvalue weighted by Crippen LogP contribution is 2.28. The molecule has 3 aliphatic heterocycles. The summed E-state index contributed by atoms with van der Waals surface area (Å²) < 4.78 is 10.8. The van der Waals surface area contributed by atoms with Gasteiger partial charge < -0.3 is 19.7 Å². The van der Waals surface area contributed by atoms with Gasteiger partial charge in [-0.05, 0) is 12.2 Å². The number of nitrogens with one attached hydrogen (secondary N) is 1. The second-order valence-corrected chi connectivity index (χ2v) is 4.12. The van der Waals surface area contributed by atoms with Crippen LogP contribution in [0.2, 0.25) is 0 Å². The van der Waals surface area contributed by atoms with Crippen LogP contribution in [0.3, 0.4) is 0 Å². The number of hydrogen-bond donors (Lipinski definition) is 1. The quantitative estimate of drug-likeness (QED) is 0.700. The number of rotatable bonds is 1. The lowest BCUT2D eigenvalue weighted by Crippen LogP contribution is -2.49. The van der Waals surface area contributed by atoms with Gasteiger partial charge in [-0.1, -0.05) is 0 Å². The number of allylic oxidation sites excluding steroid dienone is 2. The maximum absolute atomic E-state index is 12.2. The van der Waals surface area contributed by atoms with Crippen LogP contribution >= 0.6 is 0 Å². The van der Waals surface area contributed by atoms with Gasteiger partial charge in [0.15, 0.2) is 17.6 Å². The number of carbonyl (C=O) groups is 1. The summed E-state index contributed by atoms with van der Waals surface area (Å²) in [5.41, 5.74) is 0. The summed E-state index contributed by atoms with van der Waals surface area (Å²) in [4.78, 5) is 14.0. The third-order valence-corrected chi connectivity index (χ3v) is 2.99. The number of piperazine rings is 1. The van der Waals surface area contributed by atoms with Crippen molar-refractivity contribution in [3.05, 3.63) is 36.0 Å². The van der Waals surface area contributed by atoms with E-state index in [-0.39, 0.29) is 5.91 Å². The molecule has 3 rings (SSSR count). The van der Waals surface area contributed by atoms with Crippen molar-refractivity contribution >= 4 is 5.91 Å². The van der Waals surface area contributed by atoms with E-state index >= 15 is 0 Å². The van der Waals surface area contributed by atoms with Crippen LogP contribution in [-0.4, -0.2) is 43.1 Å². The van der Waals surface area contributed by atoms with Crippen molar-refractivity contribution in [3.8, 4) is 0 Å². The minimum atomic E-state index is -0.533. The smallest absolute Gasteiger partial charge is 0.267 e. The summed E-state index contributed by atoms with van der Waals surface area (Å²) in [6, 6.07) is 0. The van der Waals surface area contributed by atoms with E-state index in [2.05, 4.69) is 5.32 Å². The first-order valence-electron chi connectivity index (χ1n) is 5.76. The molecule has 0 aromatic carbocycles. The molecule has 1 N–H and O–H groups in total. The van der Waals surface area contributed by atoms with Crippen LogP contribution in [-0.2, 0) is 14.3 Å². The second-order valence-electron chi connectivity index (χ2n) is 4.12. The van der Waals surface area contributed by atoms with Crippen LogP contribution in [0.15, 0.2) is 36.0 Å². The second kappa shape index (κ2) is 4.25. The van der Waals surface area contributed by atoms with Crippen molar-refractivity contribution in [2.45, 2.75) is 6.10 Å². The van der Waals surface area contributed by atoms with Crippen LogP contribution in [0.1, 0.15) is 0 Å². The van der Waals surface area contributed by atoms with Gasteiger partial charge in [-0.2, -0.15) is 0 Å². The van der Waals surface area contributed by atoms with Crippen LogP contribution in [0, 0.1) is 0 Å². The van der Waals surface area contributed by atoms with E-state index in [9.17, 15) is 4.79 Å². The summed E-state index contributed by atoms with van der Waals surface area (Å²) in [6.45, 7) is 3.16. The van der Waals surface area contributed by atoms with Crippen molar-refractivity contribution in [2.24, 2.45) is 0 Å². The van der Waals surface area contributed by atoms with Gasteiger partial charge >= 0.3 is 0 Å². The Morgan fingerprint density at radius 1 is 1.35 bits per heavy atom. The molecule has 5 nitrogen and oxygen atoms in total. The number of hydrogen-bond acceptors (Lipinski definition) is 4. The molecule has 0 aliphatic carbocycles. The van der Waals surface area contributed by atoms with Crippen LogP contribution in [0.5, 0.6) is 0 Å². The van der Waals surface area contributed by atoms with Gasteiger partial charge in [0.25, 0.3) is 5.91 Å². The fraction of sp³-hybridized carbons (Fsp3) is 0.417. The van der Waals surface area contributed by atoms with Crippen molar-refractivity contribution < 1.29 is 14.3 Å². The van der Waals surface area contributed by atoms with Crippen LogP contribution in [0.25, 0.3) is 0 Å². The molecule has 0 saturated carbocycles. The van der Waals surface area contributed by atoms with E-state index in [0.29, 0.717) is 11.5 Å². The molecule has 1 atom stereocenters. The van der Waals surface area contributed by atoms with E-state index in [1.165, 1.54) is 0 Å². The number of nitrogens with zero attached hydrogens (tertiary/aromatic N) is 1. The first kappa shape index (κ1) is 10.4. The predicted molar refractivity (Wildman–Crippen MR) is 60.7 cm³/mol. The molecule has 5 heteroatoms. The zero-order valence-electron chi connectivity index (χ0n) is 9.39. The Morgan fingerprint density at radius 3 is 2.94 bits per heavy atom. The average Bonchev–Trinajstić information content (AvgIpc) is 2.82. The zero-order chi connectivity index (χ0) is 11.7. The van der Waals surface area contributed by atoms with Crippen LogP contribution < -0.4 is 5.32 Å². The minimum absolute atomic E-state index is 0.0119. The summed E-state index contributed by atoms with van der Waals surface area (Å²) in [7, 11) is 0. The van der Waals surface area contributed by atoms with E-state index < -0.39 is 6.10 Å². The number of fused-ring (bicyclic) bond motifs is 1. The topological polar surface area (TPSA) is 50.8 Å². The summed E-state index contributed by atoms with van der Waals surface area (Å²) in [5.74, 6) is 1.29. The van der Waals surface area contributed by atoms with Crippen molar-refractivity contribution in [1.82, 2.24) is 10.2 Å². The van der Waals surface area contributed by atoms with E-state index in [0.717, 1.165) is 26.2 Å². The molecule has 90 valence electrons. The standard InChI is InChI=1S/C12H14N2O3/c15-12(14-5-3-13-4-6-14)11-8-10-9(17-11)2-1-7-16-10/h1-2,7-8,11,13H,3-6H2. The first-order chi connectivity index (χ1) is 8.34. The number of carbonyl (C=O) groups excluding carboxylic acids is 1. The van der Waals surface area contributed by atoms with Gasteiger partial charge in [0.05, 0.1) is 6.26 Å². The highest BCUT2D eigenvalue weighted by molar-refractivity contribution is 5.84. The van der Waals surface area contributed by atoms with Gasteiger partial charge in [-0.25, -0.2) is 0 Å². The molecule has 1 unspecified atom stereocenters. The third-order valence-electron chi connectivity index (χ3n) is 2.99. The zero-order valence-corrected chi connectivity index (χ0v) is 9.39. The highest BCUT2D eigenvalue weighted by Gasteiger charge is 2.33. The van der Waals surface area contributed by atoms with Gasteiger partial charge in [0.1, 0.15) is 0 Å².